The highest BCUT2D eigenvalue weighted by Crippen LogP contribution is 2.70. The van der Waals surface area contributed by atoms with Gasteiger partial charge in [-0.15, -0.1) is 11.6 Å². The van der Waals surface area contributed by atoms with Gasteiger partial charge in [0.25, 0.3) is 0 Å². The van der Waals surface area contributed by atoms with Crippen molar-refractivity contribution in [3.8, 4) is 0 Å². The SMILES string of the molecule is C=C1CC2C3CCC4=CC(=O)C=CC4(C)C3C(O)[C@H](Cl)C2(C)[C@@]1(OC(=O)c1ccco1)C(=O)COC(C)=O. The maximum atomic E-state index is 13.9. The Morgan fingerprint density at radius 2 is 2.03 bits per heavy atom. The third-order valence-corrected chi connectivity index (χ3v) is 10.2. The third kappa shape index (κ3) is 3.53. The van der Waals surface area contributed by atoms with Gasteiger partial charge >= 0.3 is 11.9 Å². The van der Waals surface area contributed by atoms with Crippen molar-refractivity contribution < 1.29 is 38.2 Å². The predicted octanol–water partition coefficient (Wildman–Crippen LogP) is 3.97. The molecule has 3 fully saturated rings. The summed E-state index contributed by atoms with van der Waals surface area (Å²) in [7, 11) is 0. The number of halogens is 1. The number of aliphatic hydroxyl groups is 1. The second-order valence-corrected chi connectivity index (χ2v) is 11.7. The van der Waals surface area contributed by atoms with Crippen molar-refractivity contribution in [1.82, 2.24) is 0 Å². The number of furan rings is 1. The van der Waals surface area contributed by atoms with E-state index in [0.717, 1.165) is 5.57 Å². The van der Waals surface area contributed by atoms with E-state index in [4.69, 9.17) is 25.5 Å². The predicted molar refractivity (Wildman–Crippen MR) is 136 cm³/mol. The van der Waals surface area contributed by atoms with Gasteiger partial charge in [-0.3, -0.25) is 14.4 Å². The van der Waals surface area contributed by atoms with E-state index in [9.17, 15) is 24.3 Å². The molecule has 6 unspecified atom stereocenters. The molecule has 0 bridgehead atoms. The number of carbonyl (C=O) groups is 4. The number of rotatable bonds is 5. The van der Waals surface area contributed by atoms with E-state index in [0.29, 0.717) is 24.8 Å². The van der Waals surface area contributed by atoms with Gasteiger partial charge in [0.1, 0.15) is 0 Å². The minimum absolute atomic E-state index is 0.0809. The fourth-order valence-corrected chi connectivity index (χ4v) is 8.27. The first-order chi connectivity index (χ1) is 17.9. The molecule has 4 aliphatic carbocycles. The Morgan fingerprint density at radius 3 is 2.68 bits per heavy atom. The lowest BCUT2D eigenvalue weighted by molar-refractivity contribution is -0.175. The van der Waals surface area contributed by atoms with Crippen LogP contribution in [-0.4, -0.2) is 52.3 Å². The summed E-state index contributed by atoms with van der Waals surface area (Å²) >= 11 is 7.14. The summed E-state index contributed by atoms with van der Waals surface area (Å²) in [6.45, 7) is 8.48. The topological polar surface area (TPSA) is 120 Å². The van der Waals surface area contributed by atoms with Crippen LogP contribution in [0.4, 0.5) is 0 Å². The van der Waals surface area contributed by atoms with Crippen molar-refractivity contribution in [2.75, 3.05) is 6.61 Å². The maximum absolute atomic E-state index is 13.9. The number of ketones is 2. The fourth-order valence-electron chi connectivity index (χ4n) is 7.79. The number of ether oxygens (including phenoxy) is 2. The van der Waals surface area contributed by atoms with Crippen LogP contribution in [0.1, 0.15) is 50.6 Å². The Morgan fingerprint density at radius 1 is 1.29 bits per heavy atom. The Bertz CT molecular complexity index is 1280. The standard InChI is InChI=1S/C29H31ClO8/c1-15-12-20-19-8-7-17-13-18(32)9-10-27(17,3)23(19)24(34)25(30)28(20,4)29(15,22(33)14-37-16(2)31)38-26(35)21-6-5-11-36-21/h5-6,9-11,13,19-20,23-25,34H,1,7-8,12,14H2,2-4H3/t19?,20?,23?,24?,25-,27?,28?,29-/m0/s1. The van der Waals surface area contributed by atoms with Gasteiger partial charge < -0.3 is 19.0 Å². The van der Waals surface area contributed by atoms with Crippen LogP contribution in [0.15, 0.2) is 58.8 Å². The molecule has 0 aromatic carbocycles. The molecule has 1 heterocycles. The van der Waals surface area contributed by atoms with Gasteiger partial charge in [-0.1, -0.05) is 32.1 Å². The van der Waals surface area contributed by atoms with Crippen LogP contribution in [0.25, 0.3) is 0 Å². The molecule has 0 spiro atoms. The Balaban J connectivity index is 1.62. The van der Waals surface area contributed by atoms with Crippen LogP contribution < -0.4 is 0 Å². The first-order valence-corrected chi connectivity index (χ1v) is 13.2. The van der Waals surface area contributed by atoms with E-state index >= 15 is 0 Å². The largest absolute Gasteiger partial charge is 0.458 e. The Kier molecular flexibility index (Phi) is 6.35. The minimum atomic E-state index is -1.97. The van der Waals surface area contributed by atoms with Gasteiger partial charge in [0.15, 0.2) is 12.4 Å². The van der Waals surface area contributed by atoms with E-state index in [-0.39, 0.29) is 29.3 Å². The zero-order valence-electron chi connectivity index (χ0n) is 21.6. The van der Waals surface area contributed by atoms with Crippen LogP contribution in [-0.2, 0) is 23.9 Å². The number of alkyl halides is 1. The van der Waals surface area contributed by atoms with E-state index in [1.54, 1.807) is 13.0 Å². The molecule has 0 radical (unpaired) electrons. The van der Waals surface area contributed by atoms with Crippen molar-refractivity contribution in [1.29, 1.82) is 0 Å². The maximum Gasteiger partial charge on any atom is 0.375 e. The molecule has 0 amide bonds. The zero-order valence-corrected chi connectivity index (χ0v) is 22.3. The summed E-state index contributed by atoms with van der Waals surface area (Å²) in [5, 5.41) is 10.8. The average Bonchev–Trinajstić information content (AvgIpc) is 3.48. The molecule has 5 rings (SSSR count). The van der Waals surface area contributed by atoms with Crippen LogP contribution in [0.5, 0.6) is 0 Å². The summed E-state index contributed by atoms with van der Waals surface area (Å²) in [6.07, 6.45) is 6.86. The van der Waals surface area contributed by atoms with E-state index < -0.39 is 52.2 Å². The van der Waals surface area contributed by atoms with Crippen LogP contribution in [0.2, 0.25) is 0 Å². The number of hydrogen-bond acceptors (Lipinski definition) is 8. The van der Waals surface area contributed by atoms with Crippen LogP contribution >= 0.6 is 11.6 Å². The summed E-state index contributed by atoms with van der Waals surface area (Å²) in [6, 6.07) is 2.94. The van der Waals surface area contributed by atoms with Gasteiger partial charge in [-0.05, 0) is 61.0 Å². The number of Topliss-reactive ketones (excluding diaryl/α,β-unsaturated/α-hetero) is 1. The van der Waals surface area contributed by atoms with Gasteiger partial charge in [0.05, 0.1) is 17.7 Å². The average molecular weight is 543 g/mol. The zero-order chi connectivity index (χ0) is 27.6. The number of carbonyl (C=O) groups excluding carboxylic acids is 4. The molecule has 3 saturated carbocycles. The summed E-state index contributed by atoms with van der Waals surface area (Å²) < 4.78 is 16.3. The van der Waals surface area contributed by atoms with Gasteiger partial charge in [-0.25, -0.2) is 4.79 Å². The third-order valence-electron chi connectivity index (χ3n) is 9.52. The molecule has 1 N–H and O–H groups in total. The molecule has 9 heteroatoms. The number of allylic oxidation sites excluding steroid dienone is 4. The van der Waals surface area contributed by atoms with Gasteiger partial charge in [0, 0.05) is 23.7 Å². The molecule has 4 aliphatic rings. The summed E-state index contributed by atoms with van der Waals surface area (Å²) in [4.78, 5) is 50.9. The van der Waals surface area contributed by atoms with Crippen molar-refractivity contribution in [2.24, 2.45) is 28.6 Å². The molecule has 8 atom stereocenters. The normalized spacial score (nSPS) is 39.5. The van der Waals surface area contributed by atoms with Gasteiger partial charge in [0.2, 0.25) is 17.1 Å². The Labute approximate surface area is 225 Å². The highest BCUT2D eigenvalue weighted by atomic mass is 35.5. The van der Waals surface area contributed by atoms with Crippen molar-refractivity contribution in [3.05, 3.63) is 60.1 Å². The quantitative estimate of drug-likeness (QED) is 0.337. The first kappa shape index (κ1) is 26.6. The van der Waals surface area contributed by atoms with Crippen molar-refractivity contribution in [2.45, 2.75) is 57.1 Å². The molecule has 1 aromatic rings. The molecular weight excluding hydrogens is 512 g/mol. The fraction of sp³-hybridized carbons (Fsp3) is 0.517. The van der Waals surface area contributed by atoms with E-state index in [1.807, 2.05) is 13.0 Å². The van der Waals surface area contributed by atoms with Gasteiger partial charge in [-0.2, -0.15) is 0 Å². The van der Waals surface area contributed by atoms with Crippen LogP contribution in [0, 0.1) is 28.6 Å². The monoisotopic (exact) mass is 542 g/mol. The first-order valence-electron chi connectivity index (χ1n) is 12.8. The second kappa shape index (κ2) is 9.06. The molecule has 38 heavy (non-hydrogen) atoms. The van der Waals surface area contributed by atoms with Crippen LogP contribution in [0.3, 0.4) is 0 Å². The lowest BCUT2D eigenvalue weighted by atomic mass is 9.46. The highest BCUT2D eigenvalue weighted by molar-refractivity contribution is 6.22. The lowest BCUT2D eigenvalue weighted by Crippen LogP contribution is -2.68. The van der Waals surface area contributed by atoms with Crippen molar-refractivity contribution in [3.63, 3.8) is 0 Å². The number of fused-ring (bicyclic) bond motifs is 5. The number of hydrogen-bond donors (Lipinski definition) is 1. The summed E-state index contributed by atoms with van der Waals surface area (Å²) in [5.41, 5.74) is -2.55. The molecule has 1 aromatic heterocycles. The molecular formula is C29H31ClO8. The minimum Gasteiger partial charge on any atom is -0.458 e. The summed E-state index contributed by atoms with van der Waals surface area (Å²) in [5.74, 6) is -3.16. The highest BCUT2D eigenvalue weighted by Gasteiger charge is 2.75. The van der Waals surface area contributed by atoms with E-state index in [1.165, 1.54) is 31.4 Å². The van der Waals surface area contributed by atoms with E-state index in [2.05, 4.69) is 6.58 Å². The number of aliphatic hydroxyl groups excluding tert-OH is 1. The van der Waals surface area contributed by atoms with Crippen molar-refractivity contribution >= 4 is 35.1 Å². The molecule has 0 aliphatic heterocycles. The lowest BCUT2D eigenvalue weighted by Gasteiger charge is -2.61. The number of esters is 2. The molecule has 8 nitrogen and oxygen atoms in total. The Hall–Kier alpha value is -2.97. The molecule has 0 saturated heterocycles. The molecule has 202 valence electrons. The second-order valence-electron chi connectivity index (χ2n) is 11.3. The smallest absolute Gasteiger partial charge is 0.375 e.